The maximum Gasteiger partial charge on any atom is 0.501 e. The van der Waals surface area contributed by atoms with Gasteiger partial charge in [0.2, 0.25) is 0 Å². The van der Waals surface area contributed by atoms with Crippen molar-refractivity contribution in [3.05, 3.63) is 35.4 Å². The van der Waals surface area contributed by atoms with Crippen LogP contribution in [-0.4, -0.2) is 82.4 Å². The molecule has 0 unspecified atom stereocenters. The molecule has 0 N–H and O–H groups in total. The summed E-state index contributed by atoms with van der Waals surface area (Å²) in [5, 5.41) is 0. The summed E-state index contributed by atoms with van der Waals surface area (Å²) in [5.41, 5.74) is 0.309. The molecular weight excluding hydrogens is 528 g/mol. The van der Waals surface area contributed by atoms with Crippen molar-refractivity contribution >= 4 is 29.5 Å². The van der Waals surface area contributed by atoms with Gasteiger partial charge in [0.05, 0.1) is 24.3 Å². The van der Waals surface area contributed by atoms with Crippen LogP contribution in [0.5, 0.6) is 0 Å². The third-order valence-electron chi connectivity index (χ3n) is 5.27. The van der Waals surface area contributed by atoms with Crippen molar-refractivity contribution < 1.29 is 45.6 Å². The number of hydrogen-bond acceptors (Lipinski definition) is 10. The van der Waals surface area contributed by atoms with E-state index < -0.39 is 29.5 Å². The molecule has 0 saturated carbocycles. The molecule has 12 heteroatoms. The molecule has 0 bridgehead atoms. The minimum absolute atomic E-state index is 0.142. The maximum absolute atomic E-state index is 12.8. The van der Waals surface area contributed by atoms with Crippen LogP contribution in [0, 0.1) is 0 Å². The van der Waals surface area contributed by atoms with E-state index in [-0.39, 0.29) is 24.3 Å². The average molecular weight is 575 g/mol. The lowest BCUT2D eigenvalue weighted by Gasteiger charge is -2.28. The fourth-order valence-corrected chi connectivity index (χ4v) is 9.06. The SMILES string of the molecule is CCO[Si](CCCOC(=O)c1ccccc1C(=O)OCCC[Si](OCC)(OCC)OCC)(OCC)OCC. The molecule has 0 aromatic heterocycles. The molecule has 10 nitrogen and oxygen atoms in total. The topological polar surface area (TPSA) is 108 Å². The molecule has 1 rings (SSSR count). The van der Waals surface area contributed by atoms with Gasteiger partial charge in [0.1, 0.15) is 0 Å². The number of hydrogen-bond donors (Lipinski definition) is 0. The first-order chi connectivity index (χ1) is 18.4. The van der Waals surface area contributed by atoms with E-state index in [1.54, 1.807) is 24.3 Å². The Hall–Kier alpha value is -1.65. The average Bonchev–Trinajstić information content (AvgIpc) is 2.90. The Morgan fingerprint density at radius 2 is 0.842 bits per heavy atom. The molecule has 0 heterocycles. The molecule has 0 aliphatic carbocycles. The van der Waals surface area contributed by atoms with Crippen LogP contribution in [0.2, 0.25) is 12.1 Å². The molecule has 0 spiro atoms. The van der Waals surface area contributed by atoms with Gasteiger partial charge in [-0.3, -0.25) is 0 Å². The monoisotopic (exact) mass is 574 g/mol. The Balaban J connectivity index is 2.69. The highest BCUT2D eigenvalue weighted by Gasteiger charge is 2.40. The second kappa shape index (κ2) is 19.4. The zero-order chi connectivity index (χ0) is 28.3. The molecule has 38 heavy (non-hydrogen) atoms. The van der Waals surface area contributed by atoms with E-state index in [0.717, 1.165) is 0 Å². The highest BCUT2D eigenvalue weighted by molar-refractivity contribution is 6.61. The van der Waals surface area contributed by atoms with Crippen molar-refractivity contribution in [1.29, 1.82) is 0 Å². The van der Waals surface area contributed by atoms with Crippen LogP contribution >= 0.6 is 0 Å². The van der Waals surface area contributed by atoms with Crippen LogP contribution in [0.1, 0.15) is 75.1 Å². The van der Waals surface area contributed by atoms with Gasteiger partial charge in [0.25, 0.3) is 0 Å². The highest BCUT2D eigenvalue weighted by atomic mass is 28.4. The largest absolute Gasteiger partial charge is 0.501 e. The summed E-state index contributed by atoms with van der Waals surface area (Å²) in [6.45, 7) is 14.5. The summed E-state index contributed by atoms with van der Waals surface area (Å²) < 4.78 is 45.9. The summed E-state index contributed by atoms with van der Waals surface area (Å²) >= 11 is 0. The maximum atomic E-state index is 12.8. The molecule has 218 valence electrons. The Labute approximate surface area is 229 Å². The Bertz CT molecular complexity index is 709. The first kappa shape index (κ1) is 34.4. The van der Waals surface area contributed by atoms with Gasteiger partial charge < -0.3 is 36.0 Å². The minimum atomic E-state index is -2.81. The first-order valence-corrected chi connectivity index (χ1v) is 17.5. The van der Waals surface area contributed by atoms with E-state index in [2.05, 4.69) is 0 Å². The lowest BCUT2D eigenvalue weighted by Crippen LogP contribution is -2.46. The molecule has 0 amide bonds. The molecule has 0 atom stereocenters. The smallest absolute Gasteiger partial charge is 0.462 e. The Morgan fingerprint density at radius 3 is 1.11 bits per heavy atom. The van der Waals surface area contributed by atoms with Crippen molar-refractivity contribution in [1.82, 2.24) is 0 Å². The second-order valence-electron chi connectivity index (χ2n) is 7.99. The third kappa shape index (κ3) is 11.6. The van der Waals surface area contributed by atoms with E-state index in [1.165, 1.54) is 0 Å². The van der Waals surface area contributed by atoms with Crippen molar-refractivity contribution in [2.45, 2.75) is 66.5 Å². The number of carbonyl (C=O) groups excluding carboxylic acids is 2. The lowest BCUT2D eigenvalue weighted by molar-refractivity contribution is 0.0431. The van der Waals surface area contributed by atoms with Gasteiger partial charge in [0.15, 0.2) is 0 Å². The van der Waals surface area contributed by atoms with Crippen molar-refractivity contribution in [2.75, 3.05) is 52.9 Å². The number of esters is 2. The van der Waals surface area contributed by atoms with E-state index in [0.29, 0.717) is 64.6 Å². The molecule has 0 aliphatic heterocycles. The molecule has 0 radical (unpaired) electrons. The first-order valence-electron chi connectivity index (χ1n) is 13.6. The number of carbonyl (C=O) groups is 2. The predicted octanol–water partition coefficient (Wildman–Crippen LogP) is 4.88. The minimum Gasteiger partial charge on any atom is -0.462 e. The fourth-order valence-electron chi connectivity index (χ4n) is 3.90. The van der Waals surface area contributed by atoms with Gasteiger partial charge in [-0.05, 0) is 66.5 Å². The summed E-state index contributed by atoms with van der Waals surface area (Å²) in [7, 11) is -5.63. The van der Waals surface area contributed by atoms with Crippen LogP contribution in [0.15, 0.2) is 24.3 Å². The van der Waals surface area contributed by atoms with Gasteiger partial charge in [-0.25, -0.2) is 9.59 Å². The molecular formula is C26H46O10Si2. The van der Waals surface area contributed by atoms with E-state index in [1.807, 2.05) is 41.5 Å². The summed E-state index contributed by atoms with van der Waals surface area (Å²) in [6.07, 6.45) is 1.02. The van der Waals surface area contributed by atoms with Gasteiger partial charge in [0, 0.05) is 51.7 Å². The zero-order valence-electron chi connectivity index (χ0n) is 23.9. The van der Waals surface area contributed by atoms with Gasteiger partial charge in [-0.1, -0.05) is 12.1 Å². The molecule has 0 saturated heterocycles. The van der Waals surface area contributed by atoms with E-state index >= 15 is 0 Å². The van der Waals surface area contributed by atoms with Crippen LogP contribution < -0.4 is 0 Å². The van der Waals surface area contributed by atoms with E-state index in [4.69, 9.17) is 36.0 Å². The van der Waals surface area contributed by atoms with Crippen molar-refractivity contribution in [3.8, 4) is 0 Å². The zero-order valence-corrected chi connectivity index (χ0v) is 25.9. The molecule has 0 fully saturated rings. The third-order valence-corrected chi connectivity index (χ3v) is 11.6. The van der Waals surface area contributed by atoms with Crippen molar-refractivity contribution in [2.24, 2.45) is 0 Å². The summed E-state index contributed by atoms with van der Waals surface area (Å²) in [6, 6.07) is 7.50. The quantitative estimate of drug-likeness (QED) is 0.108. The second-order valence-corrected chi connectivity index (χ2v) is 13.5. The summed E-state index contributed by atoms with van der Waals surface area (Å²) in [5.74, 6) is -1.19. The van der Waals surface area contributed by atoms with Crippen LogP contribution in [-0.2, 0) is 36.0 Å². The highest BCUT2D eigenvalue weighted by Crippen LogP contribution is 2.20. The normalized spacial score (nSPS) is 11.9. The van der Waals surface area contributed by atoms with Gasteiger partial charge >= 0.3 is 29.5 Å². The van der Waals surface area contributed by atoms with Gasteiger partial charge in [-0.15, -0.1) is 0 Å². The molecule has 1 aromatic carbocycles. The summed E-state index contributed by atoms with van der Waals surface area (Å²) in [4.78, 5) is 25.6. The standard InChI is InChI=1S/C26H46O10Si2/c1-7-31-37(32-8-2,33-9-3)21-15-19-29-25(27)23-17-13-14-18-24(23)26(28)30-20-16-22-38(34-10-4,35-11-5)36-12-6/h13-14,17-18H,7-12,15-16,19-22H2,1-6H3. The lowest BCUT2D eigenvalue weighted by atomic mass is 10.1. The van der Waals surface area contributed by atoms with Crippen LogP contribution in [0.3, 0.4) is 0 Å². The number of rotatable bonds is 22. The van der Waals surface area contributed by atoms with Crippen LogP contribution in [0.4, 0.5) is 0 Å². The molecule has 0 aliphatic rings. The number of ether oxygens (including phenoxy) is 2. The Kier molecular flexibility index (Phi) is 17.6. The fraction of sp³-hybridized carbons (Fsp3) is 0.692. The molecule has 1 aromatic rings. The Morgan fingerprint density at radius 1 is 0.553 bits per heavy atom. The van der Waals surface area contributed by atoms with Gasteiger partial charge in [-0.2, -0.15) is 0 Å². The van der Waals surface area contributed by atoms with Crippen molar-refractivity contribution in [3.63, 3.8) is 0 Å². The van der Waals surface area contributed by atoms with E-state index in [9.17, 15) is 9.59 Å². The number of benzene rings is 1. The van der Waals surface area contributed by atoms with Crippen LogP contribution in [0.25, 0.3) is 0 Å². The predicted molar refractivity (Wildman–Crippen MR) is 147 cm³/mol.